The number of rotatable bonds is 1. The molecule has 2 N–H and O–H groups in total. The molecule has 0 radical (unpaired) electrons. The summed E-state index contributed by atoms with van der Waals surface area (Å²) < 4.78 is 0. The Morgan fingerprint density at radius 3 is 2.31 bits per heavy atom. The van der Waals surface area contributed by atoms with Crippen molar-refractivity contribution in [3.8, 4) is 0 Å². The lowest BCUT2D eigenvalue weighted by Gasteiger charge is -2.08. The highest BCUT2D eigenvalue weighted by Crippen LogP contribution is 1.96. The fraction of sp³-hybridized carbons (Fsp3) is 0.700. The molecular formula is C10H19N3. The van der Waals surface area contributed by atoms with Crippen molar-refractivity contribution < 1.29 is 0 Å². The molecule has 1 aromatic heterocycles. The maximum absolute atomic E-state index is 3.98. The molecule has 3 heteroatoms. The van der Waals surface area contributed by atoms with Gasteiger partial charge in [-0.2, -0.15) is 0 Å². The zero-order valence-electron chi connectivity index (χ0n) is 8.34. The molecular weight excluding hydrogens is 162 g/mol. The molecule has 2 rings (SSSR count). The number of H-pyrrole nitrogens is 1. The van der Waals surface area contributed by atoms with Gasteiger partial charge in [-0.25, -0.2) is 4.98 Å². The molecule has 0 bridgehead atoms. The number of aromatic amines is 1. The van der Waals surface area contributed by atoms with Crippen molar-refractivity contribution in [2.75, 3.05) is 13.1 Å². The minimum atomic E-state index is 0.993. The Morgan fingerprint density at radius 1 is 1.31 bits per heavy atom. The molecule has 1 aliphatic heterocycles. The van der Waals surface area contributed by atoms with Crippen LogP contribution < -0.4 is 5.32 Å². The number of imidazole rings is 1. The van der Waals surface area contributed by atoms with Crippen molar-refractivity contribution in [2.24, 2.45) is 0 Å². The van der Waals surface area contributed by atoms with Crippen molar-refractivity contribution in [3.63, 3.8) is 0 Å². The van der Waals surface area contributed by atoms with Crippen LogP contribution >= 0.6 is 0 Å². The van der Waals surface area contributed by atoms with Gasteiger partial charge in [-0.3, -0.25) is 0 Å². The highest BCUT2D eigenvalue weighted by molar-refractivity contribution is 4.84. The van der Waals surface area contributed by atoms with E-state index in [2.05, 4.69) is 22.2 Å². The number of piperidine rings is 1. The molecule has 0 unspecified atom stereocenters. The maximum atomic E-state index is 3.98. The predicted octanol–water partition coefficient (Wildman–Crippen LogP) is 1.73. The third-order valence-electron chi connectivity index (χ3n) is 2.10. The molecule has 13 heavy (non-hydrogen) atoms. The lowest BCUT2D eigenvalue weighted by atomic mass is 10.2. The molecule has 0 aliphatic carbocycles. The molecule has 0 atom stereocenters. The van der Waals surface area contributed by atoms with Crippen molar-refractivity contribution >= 4 is 0 Å². The smallest absolute Gasteiger partial charge is 0.105 e. The summed E-state index contributed by atoms with van der Waals surface area (Å²) in [6, 6.07) is 0. The second kappa shape index (κ2) is 6.66. The van der Waals surface area contributed by atoms with Crippen LogP contribution in [-0.4, -0.2) is 23.1 Å². The summed E-state index contributed by atoms with van der Waals surface area (Å²) in [5.41, 5.74) is 0. The van der Waals surface area contributed by atoms with E-state index in [0.717, 1.165) is 12.2 Å². The summed E-state index contributed by atoms with van der Waals surface area (Å²) in [6.45, 7) is 4.57. The SMILES string of the molecule is C1CCNCC1.CCc1ncc[nH]1. The summed E-state index contributed by atoms with van der Waals surface area (Å²) in [6.07, 6.45) is 8.80. The minimum Gasteiger partial charge on any atom is -0.349 e. The number of nitrogens with one attached hydrogen (secondary N) is 2. The first kappa shape index (κ1) is 10.3. The lowest BCUT2D eigenvalue weighted by Crippen LogP contribution is -2.21. The molecule has 1 fully saturated rings. The first-order valence-corrected chi connectivity index (χ1v) is 5.12. The molecule has 0 aromatic carbocycles. The number of hydrogen-bond acceptors (Lipinski definition) is 2. The van der Waals surface area contributed by atoms with Gasteiger partial charge in [0.25, 0.3) is 0 Å². The standard InChI is InChI=1S/C5H8N2.C5H11N/c1-2-5-6-3-4-7-5;1-2-4-6-5-3-1/h3-4H,2H2,1H3,(H,6,7);6H,1-5H2. The zero-order chi connectivity index (χ0) is 9.36. The molecule has 0 saturated carbocycles. The molecule has 0 amide bonds. The molecule has 3 nitrogen and oxygen atoms in total. The van der Waals surface area contributed by atoms with Gasteiger partial charge in [-0.1, -0.05) is 13.3 Å². The predicted molar refractivity (Wildman–Crippen MR) is 54.7 cm³/mol. The van der Waals surface area contributed by atoms with E-state index < -0.39 is 0 Å². The molecule has 2 heterocycles. The van der Waals surface area contributed by atoms with Crippen molar-refractivity contribution in [3.05, 3.63) is 18.2 Å². The Balaban J connectivity index is 0.000000132. The average molecular weight is 181 g/mol. The average Bonchev–Trinajstić information content (AvgIpc) is 2.74. The Hall–Kier alpha value is -0.830. The van der Waals surface area contributed by atoms with E-state index in [4.69, 9.17) is 0 Å². The quantitative estimate of drug-likeness (QED) is 0.692. The Morgan fingerprint density at radius 2 is 2.08 bits per heavy atom. The van der Waals surface area contributed by atoms with Crippen LogP contribution in [-0.2, 0) is 6.42 Å². The number of nitrogens with zero attached hydrogens (tertiary/aromatic N) is 1. The van der Waals surface area contributed by atoms with E-state index in [0.29, 0.717) is 0 Å². The largest absolute Gasteiger partial charge is 0.349 e. The zero-order valence-corrected chi connectivity index (χ0v) is 8.34. The minimum absolute atomic E-state index is 0.993. The van der Waals surface area contributed by atoms with Gasteiger partial charge in [0, 0.05) is 18.8 Å². The summed E-state index contributed by atoms with van der Waals surface area (Å²) in [7, 11) is 0. The molecule has 74 valence electrons. The van der Waals surface area contributed by atoms with Gasteiger partial charge >= 0.3 is 0 Å². The first-order valence-electron chi connectivity index (χ1n) is 5.12. The van der Waals surface area contributed by atoms with Gasteiger partial charge in [0.15, 0.2) is 0 Å². The van der Waals surface area contributed by atoms with E-state index in [-0.39, 0.29) is 0 Å². The second-order valence-corrected chi connectivity index (χ2v) is 3.20. The van der Waals surface area contributed by atoms with Crippen LogP contribution in [0, 0.1) is 0 Å². The highest BCUT2D eigenvalue weighted by Gasteiger charge is 1.93. The third kappa shape index (κ3) is 4.68. The van der Waals surface area contributed by atoms with Crippen molar-refractivity contribution in [2.45, 2.75) is 32.6 Å². The van der Waals surface area contributed by atoms with E-state index in [9.17, 15) is 0 Å². The summed E-state index contributed by atoms with van der Waals surface area (Å²) in [5.74, 6) is 1.06. The molecule has 1 aromatic rings. The maximum Gasteiger partial charge on any atom is 0.105 e. The Bertz CT molecular complexity index is 178. The number of hydrogen-bond donors (Lipinski definition) is 2. The van der Waals surface area contributed by atoms with E-state index in [1.165, 1.54) is 32.4 Å². The summed E-state index contributed by atoms with van der Waals surface area (Å²) in [4.78, 5) is 6.95. The van der Waals surface area contributed by atoms with Gasteiger partial charge in [0.1, 0.15) is 5.82 Å². The van der Waals surface area contributed by atoms with Crippen LogP contribution in [0.2, 0.25) is 0 Å². The topological polar surface area (TPSA) is 40.7 Å². The third-order valence-corrected chi connectivity index (χ3v) is 2.10. The van der Waals surface area contributed by atoms with Crippen LogP contribution in [0.4, 0.5) is 0 Å². The fourth-order valence-corrected chi connectivity index (χ4v) is 1.29. The van der Waals surface area contributed by atoms with Crippen molar-refractivity contribution in [1.29, 1.82) is 0 Å². The molecule has 0 spiro atoms. The number of aromatic nitrogens is 2. The number of aryl methyl sites for hydroxylation is 1. The van der Waals surface area contributed by atoms with Gasteiger partial charge in [-0.05, 0) is 25.9 Å². The Labute approximate surface area is 80.0 Å². The monoisotopic (exact) mass is 181 g/mol. The van der Waals surface area contributed by atoms with E-state index in [1.54, 1.807) is 6.20 Å². The van der Waals surface area contributed by atoms with E-state index in [1.807, 2.05) is 6.20 Å². The summed E-state index contributed by atoms with van der Waals surface area (Å²) >= 11 is 0. The first-order chi connectivity index (χ1) is 6.43. The fourth-order valence-electron chi connectivity index (χ4n) is 1.29. The van der Waals surface area contributed by atoms with Crippen LogP contribution in [0.25, 0.3) is 0 Å². The lowest BCUT2D eigenvalue weighted by molar-refractivity contribution is 0.520. The van der Waals surface area contributed by atoms with Crippen LogP contribution in [0.3, 0.4) is 0 Å². The van der Waals surface area contributed by atoms with Crippen molar-refractivity contribution in [1.82, 2.24) is 15.3 Å². The van der Waals surface area contributed by atoms with Gasteiger partial charge < -0.3 is 10.3 Å². The molecule has 1 saturated heterocycles. The molecule has 1 aliphatic rings. The second-order valence-electron chi connectivity index (χ2n) is 3.20. The van der Waals surface area contributed by atoms with Crippen LogP contribution in [0.5, 0.6) is 0 Å². The Kier molecular flexibility index (Phi) is 5.25. The van der Waals surface area contributed by atoms with Gasteiger partial charge in [-0.15, -0.1) is 0 Å². The van der Waals surface area contributed by atoms with Crippen LogP contribution in [0.15, 0.2) is 12.4 Å². The highest BCUT2D eigenvalue weighted by atomic mass is 14.9. The van der Waals surface area contributed by atoms with Gasteiger partial charge in [0.2, 0.25) is 0 Å². The normalized spacial score (nSPS) is 16.1. The summed E-state index contributed by atoms with van der Waals surface area (Å²) in [5, 5.41) is 3.28. The van der Waals surface area contributed by atoms with Gasteiger partial charge in [0.05, 0.1) is 0 Å². The van der Waals surface area contributed by atoms with Crippen LogP contribution in [0.1, 0.15) is 32.0 Å². The van der Waals surface area contributed by atoms with E-state index >= 15 is 0 Å².